The summed E-state index contributed by atoms with van der Waals surface area (Å²) in [6.07, 6.45) is 3.27. The van der Waals surface area contributed by atoms with Crippen molar-refractivity contribution in [2.75, 3.05) is 19.6 Å². The van der Waals surface area contributed by atoms with Gasteiger partial charge in [0.15, 0.2) is 0 Å². The normalized spacial score (nSPS) is 23.0. The zero-order valence-corrected chi connectivity index (χ0v) is 14.4. The number of aromatic nitrogens is 1. The first kappa shape index (κ1) is 15.9. The van der Waals surface area contributed by atoms with Gasteiger partial charge in [0.2, 0.25) is 5.91 Å². The van der Waals surface area contributed by atoms with Gasteiger partial charge in [-0.2, -0.15) is 0 Å². The molecule has 128 valence electrons. The molecule has 2 aliphatic rings. The fourth-order valence-corrected chi connectivity index (χ4v) is 4.19. The van der Waals surface area contributed by atoms with Gasteiger partial charge in [-0.1, -0.05) is 11.6 Å². The Hall–Kier alpha value is -1.56. The summed E-state index contributed by atoms with van der Waals surface area (Å²) in [4.78, 5) is 15.8. The predicted octanol–water partition coefficient (Wildman–Crippen LogP) is 2.17. The van der Waals surface area contributed by atoms with E-state index < -0.39 is 0 Å². The molecule has 0 saturated carbocycles. The van der Waals surface area contributed by atoms with E-state index >= 15 is 0 Å². The molecule has 6 heteroatoms. The van der Waals surface area contributed by atoms with E-state index in [1.54, 1.807) is 0 Å². The molecule has 1 aromatic carbocycles. The summed E-state index contributed by atoms with van der Waals surface area (Å²) in [5.74, 6) is 0.0992. The van der Waals surface area contributed by atoms with Crippen molar-refractivity contribution in [1.82, 2.24) is 20.9 Å². The first-order valence-electron chi connectivity index (χ1n) is 8.63. The summed E-state index contributed by atoms with van der Waals surface area (Å²) in [5, 5.41) is 11.7. The molecule has 2 saturated heterocycles. The Morgan fingerprint density at radius 2 is 2.12 bits per heavy atom. The lowest BCUT2D eigenvalue weighted by atomic mass is 9.77. The number of carbonyl (C=O) groups excluding carboxylic acids is 1. The SMILES string of the molecule is O=C(NCc1cc2cc(Cl)ccc2[nH]1)C1CC2(CCNCC2)CN1. The number of halogens is 1. The summed E-state index contributed by atoms with van der Waals surface area (Å²) in [7, 11) is 0. The zero-order chi connectivity index (χ0) is 16.6. The van der Waals surface area contributed by atoms with Crippen LogP contribution in [0.5, 0.6) is 0 Å². The third-order valence-electron chi connectivity index (χ3n) is 5.43. The molecule has 4 rings (SSSR count). The number of hydrogen-bond acceptors (Lipinski definition) is 3. The molecule has 1 spiro atoms. The molecule has 3 heterocycles. The highest BCUT2D eigenvalue weighted by Crippen LogP contribution is 2.37. The minimum Gasteiger partial charge on any atom is -0.357 e. The second-order valence-corrected chi connectivity index (χ2v) is 7.57. The molecular formula is C18H23ClN4O. The maximum Gasteiger partial charge on any atom is 0.237 e. The van der Waals surface area contributed by atoms with Crippen LogP contribution in [0.1, 0.15) is 25.0 Å². The fourth-order valence-electron chi connectivity index (χ4n) is 4.00. The van der Waals surface area contributed by atoms with Gasteiger partial charge in [-0.05, 0) is 62.0 Å². The van der Waals surface area contributed by atoms with Crippen LogP contribution in [0.3, 0.4) is 0 Å². The fraction of sp³-hybridized carbons (Fsp3) is 0.500. The number of H-pyrrole nitrogens is 1. The molecule has 1 atom stereocenters. The largest absolute Gasteiger partial charge is 0.357 e. The van der Waals surface area contributed by atoms with Gasteiger partial charge < -0.3 is 20.9 Å². The van der Waals surface area contributed by atoms with Gasteiger partial charge in [0.05, 0.1) is 12.6 Å². The lowest BCUT2D eigenvalue weighted by molar-refractivity contribution is -0.123. The maximum absolute atomic E-state index is 12.5. The highest BCUT2D eigenvalue weighted by Gasteiger charge is 2.41. The number of carbonyl (C=O) groups is 1. The first-order chi connectivity index (χ1) is 11.6. The maximum atomic E-state index is 12.5. The van der Waals surface area contributed by atoms with Crippen LogP contribution in [-0.4, -0.2) is 36.6 Å². The lowest BCUT2D eigenvalue weighted by Crippen LogP contribution is -2.40. The number of amides is 1. The molecule has 0 bridgehead atoms. The number of benzene rings is 1. The van der Waals surface area contributed by atoms with Crippen molar-refractivity contribution >= 4 is 28.4 Å². The molecule has 2 aromatic rings. The summed E-state index contributed by atoms with van der Waals surface area (Å²) in [6.45, 7) is 3.59. The average molecular weight is 347 g/mol. The van der Waals surface area contributed by atoms with Crippen molar-refractivity contribution < 1.29 is 4.79 Å². The Labute approximate surface area is 146 Å². The Balaban J connectivity index is 1.36. The molecule has 24 heavy (non-hydrogen) atoms. The number of hydrogen-bond donors (Lipinski definition) is 4. The van der Waals surface area contributed by atoms with Crippen LogP contribution in [0, 0.1) is 5.41 Å². The quantitative estimate of drug-likeness (QED) is 0.688. The topological polar surface area (TPSA) is 69.0 Å². The van der Waals surface area contributed by atoms with E-state index in [9.17, 15) is 4.79 Å². The summed E-state index contributed by atoms with van der Waals surface area (Å²) < 4.78 is 0. The number of aromatic amines is 1. The second kappa shape index (κ2) is 6.39. The monoisotopic (exact) mass is 346 g/mol. The van der Waals surface area contributed by atoms with Gasteiger partial charge in [-0.3, -0.25) is 4.79 Å². The zero-order valence-electron chi connectivity index (χ0n) is 13.6. The molecule has 0 aliphatic carbocycles. The van der Waals surface area contributed by atoms with Crippen LogP contribution in [-0.2, 0) is 11.3 Å². The third-order valence-corrected chi connectivity index (χ3v) is 5.67. The average Bonchev–Trinajstić information content (AvgIpc) is 3.17. The van der Waals surface area contributed by atoms with Crippen LogP contribution in [0.15, 0.2) is 24.3 Å². The van der Waals surface area contributed by atoms with Crippen molar-refractivity contribution in [3.8, 4) is 0 Å². The van der Waals surface area contributed by atoms with Gasteiger partial charge in [-0.15, -0.1) is 0 Å². The third kappa shape index (κ3) is 3.16. The van der Waals surface area contributed by atoms with Crippen LogP contribution in [0.4, 0.5) is 0 Å². The molecule has 2 fully saturated rings. The smallest absolute Gasteiger partial charge is 0.237 e. The van der Waals surface area contributed by atoms with Gasteiger partial charge in [0, 0.05) is 28.2 Å². The van der Waals surface area contributed by atoms with Crippen molar-refractivity contribution in [3.63, 3.8) is 0 Å². The summed E-state index contributed by atoms with van der Waals surface area (Å²) in [5.41, 5.74) is 2.34. The highest BCUT2D eigenvalue weighted by molar-refractivity contribution is 6.31. The molecule has 1 aromatic heterocycles. The minimum absolute atomic E-state index is 0.0677. The van der Waals surface area contributed by atoms with Crippen LogP contribution in [0.25, 0.3) is 10.9 Å². The van der Waals surface area contributed by atoms with E-state index in [0.29, 0.717) is 12.0 Å². The predicted molar refractivity (Wildman–Crippen MR) is 96.1 cm³/mol. The minimum atomic E-state index is -0.0677. The first-order valence-corrected chi connectivity index (χ1v) is 9.00. The number of rotatable bonds is 3. The second-order valence-electron chi connectivity index (χ2n) is 7.13. The molecular weight excluding hydrogens is 324 g/mol. The van der Waals surface area contributed by atoms with Crippen molar-refractivity contribution in [3.05, 3.63) is 35.0 Å². The molecule has 2 aliphatic heterocycles. The van der Waals surface area contributed by atoms with Crippen LogP contribution in [0.2, 0.25) is 5.02 Å². The van der Waals surface area contributed by atoms with Crippen molar-refractivity contribution in [1.29, 1.82) is 0 Å². The number of nitrogens with one attached hydrogen (secondary N) is 4. The highest BCUT2D eigenvalue weighted by atomic mass is 35.5. The Bertz CT molecular complexity index is 751. The molecule has 1 unspecified atom stereocenters. The van der Waals surface area contributed by atoms with E-state index in [1.165, 1.54) is 0 Å². The molecule has 0 radical (unpaired) electrons. The summed E-state index contributed by atoms with van der Waals surface area (Å²) >= 11 is 6.02. The molecule has 1 amide bonds. The lowest BCUT2D eigenvalue weighted by Gasteiger charge is -2.33. The Morgan fingerprint density at radius 1 is 1.29 bits per heavy atom. The Morgan fingerprint density at radius 3 is 2.96 bits per heavy atom. The van der Waals surface area contributed by atoms with E-state index in [1.807, 2.05) is 24.3 Å². The van der Waals surface area contributed by atoms with Crippen LogP contribution < -0.4 is 16.0 Å². The molecule has 5 nitrogen and oxygen atoms in total. The van der Waals surface area contributed by atoms with Gasteiger partial charge in [0.1, 0.15) is 0 Å². The van der Waals surface area contributed by atoms with Gasteiger partial charge >= 0.3 is 0 Å². The summed E-state index contributed by atoms with van der Waals surface area (Å²) in [6, 6.07) is 7.73. The van der Waals surface area contributed by atoms with Crippen molar-refractivity contribution in [2.45, 2.75) is 31.8 Å². The van der Waals surface area contributed by atoms with Crippen molar-refractivity contribution in [2.24, 2.45) is 5.41 Å². The van der Waals surface area contributed by atoms with Crippen LogP contribution >= 0.6 is 11.6 Å². The number of fused-ring (bicyclic) bond motifs is 1. The van der Waals surface area contributed by atoms with E-state index in [-0.39, 0.29) is 11.9 Å². The van der Waals surface area contributed by atoms with E-state index in [4.69, 9.17) is 11.6 Å². The molecule has 4 N–H and O–H groups in total. The standard InChI is InChI=1S/C18H23ClN4O/c19-13-1-2-15-12(7-13)8-14(23-15)10-21-17(24)16-9-18(11-22-16)3-5-20-6-4-18/h1-2,7-8,16,20,22-23H,3-6,9-11H2,(H,21,24). The number of piperidine rings is 1. The van der Waals surface area contributed by atoms with Gasteiger partial charge in [-0.25, -0.2) is 0 Å². The van der Waals surface area contributed by atoms with E-state index in [0.717, 1.165) is 60.5 Å². The Kier molecular flexibility index (Phi) is 4.24. The van der Waals surface area contributed by atoms with Gasteiger partial charge in [0.25, 0.3) is 0 Å². The van der Waals surface area contributed by atoms with E-state index in [2.05, 4.69) is 20.9 Å².